The Labute approximate surface area is 216 Å². The smallest absolute Gasteiger partial charge is 0.272 e. The molecule has 1 heterocycles. The van der Waals surface area contributed by atoms with Crippen LogP contribution in [0.25, 0.3) is 5.69 Å². The Morgan fingerprint density at radius 3 is 2.56 bits per heavy atom. The fraction of sp³-hybridized carbons (Fsp3) is 0.407. The lowest BCUT2D eigenvalue weighted by Gasteiger charge is -2.19. The van der Waals surface area contributed by atoms with Gasteiger partial charge < -0.3 is 5.32 Å². The van der Waals surface area contributed by atoms with E-state index in [1.54, 1.807) is 12.1 Å². The Kier molecular flexibility index (Phi) is 7.91. The van der Waals surface area contributed by atoms with Crippen molar-refractivity contribution in [1.29, 1.82) is 0 Å². The average Bonchev–Trinajstić information content (AvgIpc) is 3.03. The number of nitrogens with zero attached hydrogens (tertiary/aromatic N) is 2. The number of rotatable bonds is 6. The van der Waals surface area contributed by atoms with Crippen LogP contribution in [0.3, 0.4) is 0 Å². The molecule has 1 aliphatic carbocycles. The molecule has 1 N–H and O–H groups in total. The van der Waals surface area contributed by atoms with E-state index in [-0.39, 0.29) is 17.9 Å². The van der Waals surface area contributed by atoms with Gasteiger partial charge in [-0.15, -0.1) is 0 Å². The van der Waals surface area contributed by atoms with Crippen molar-refractivity contribution < 1.29 is 4.79 Å². The van der Waals surface area contributed by atoms with E-state index in [2.05, 4.69) is 25.2 Å². The zero-order chi connectivity index (χ0) is 24.4. The lowest BCUT2D eigenvalue weighted by Crippen LogP contribution is -2.36. The standard InChI is InChI=1S/C27H30Cl3N3O/c1-16(2)17(3)31-27(34)25-22-10-5-4-8-19(13-18-7-6-9-20(28)14-18)26(22)33(32-25)24-12-11-21(29)15-23(24)30/h6-7,9,11-12,14-17,19H,4-5,8,10,13H2,1-3H3,(H,31,34)/t17-,19-/m1/s1. The van der Waals surface area contributed by atoms with Gasteiger partial charge in [-0.2, -0.15) is 5.10 Å². The molecule has 0 aliphatic heterocycles. The molecular formula is C27H30Cl3N3O. The van der Waals surface area contributed by atoms with Crippen LogP contribution in [0.15, 0.2) is 42.5 Å². The average molecular weight is 519 g/mol. The third-order valence-electron chi connectivity index (χ3n) is 6.72. The van der Waals surface area contributed by atoms with E-state index in [0.29, 0.717) is 21.7 Å². The molecule has 180 valence electrons. The topological polar surface area (TPSA) is 46.9 Å². The third kappa shape index (κ3) is 5.45. The Hall–Kier alpha value is -2.01. The first kappa shape index (κ1) is 25.1. The number of halogens is 3. The summed E-state index contributed by atoms with van der Waals surface area (Å²) in [5.74, 6) is 0.370. The van der Waals surface area contributed by atoms with Crippen LogP contribution in [0.2, 0.25) is 15.1 Å². The lowest BCUT2D eigenvalue weighted by atomic mass is 9.91. The predicted octanol–water partition coefficient (Wildman–Crippen LogP) is 7.66. The van der Waals surface area contributed by atoms with Gasteiger partial charge in [0.15, 0.2) is 5.69 Å². The number of nitrogens with one attached hydrogen (secondary N) is 1. The van der Waals surface area contributed by atoms with Crippen molar-refractivity contribution in [2.45, 2.75) is 64.8 Å². The van der Waals surface area contributed by atoms with Crippen molar-refractivity contribution in [2.75, 3.05) is 0 Å². The van der Waals surface area contributed by atoms with Gasteiger partial charge in [0.25, 0.3) is 5.91 Å². The Balaban J connectivity index is 1.84. The molecule has 0 saturated carbocycles. The number of fused-ring (bicyclic) bond motifs is 1. The summed E-state index contributed by atoms with van der Waals surface area (Å²) in [5.41, 5.74) is 4.47. The first-order valence-electron chi connectivity index (χ1n) is 11.9. The van der Waals surface area contributed by atoms with Crippen LogP contribution < -0.4 is 5.32 Å². The zero-order valence-electron chi connectivity index (χ0n) is 19.7. The van der Waals surface area contributed by atoms with E-state index in [0.717, 1.165) is 54.1 Å². The van der Waals surface area contributed by atoms with Gasteiger partial charge in [0.2, 0.25) is 0 Å². The normalized spacial score (nSPS) is 16.7. The Morgan fingerprint density at radius 2 is 1.85 bits per heavy atom. The van der Waals surface area contributed by atoms with Crippen LogP contribution in [0.4, 0.5) is 0 Å². The van der Waals surface area contributed by atoms with Crippen LogP contribution >= 0.6 is 34.8 Å². The first-order chi connectivity index (χ1) is 16.2. The fourth-order valence-electron chi connectivity index (χ4n) is 4.57. The highest BCUT2D eigenvalue weighted by Crippen LogP contribution is 2.38. The van der Waals surface area contributed by atoms with E-state index < -0.39 is 0 Å². The minimum atomic E-state index is -0.135. The minimum Gasteiger partial charge on any atom is -0.348 e. The molecule has 7 heteroatoms. The molecule has 0 radical (unpaired) electrons. The molecule has 0 bridgehead atoms. The molecule has 3 aromatic rings. The Morgan fingerprint density at radius 1 is 1.09 bits per heavy atom. The molecule has 4 nitrogen and oxygen atoms in total. The largest absolute Gasteiger partial charge is 0.348 e. The molecular weight excluding hydrogens is 489 g/mol. The SMILES string of the molecule is CC(C)[C@@H](C)NC(=O)c1nn(-c2ccc(Cl)cc2Cl)c2c1CCCC[C@@H]2Cc1cccc(Cl)c1. The molecule has 1 amide bonds. The number of hydrogen-bond acceptors (Lipinski definition) is 2. The molecule has 0 spiro atoms. The van der Waals surface area contributed by atoms with Gasteiger partial charge in [0, 0.05) is 27.6 Å². The number of carbonyl (C=O) groups is 1. The van der Waals surface area contributed by atoms with Crippen LogP contribution in [0.1, 0.15) is 73.3 Å². The molecule has 34 heavy (non-hydrogen) atoms. The summed E-state index contributed by atoms with van der Waals surface area (Å²) in [6.07, 6.45) is 4.72. The maximum atomic E-state index is 13.4. The highest BCUT2D eigenvalue weighted by Gasteiger charge is 2.31. The van der Waals surface area contributed by atoms with Crippen molar-refractivity contribution in [2.24, 2.45) is 5.92 Å². The summed E-state index contributed by atoms with van der Waals surface area (Å²) < 4.78 is 1.88. The van der Waals surface area contributed by atoms with Crippen LogP contribution in [-0.2, 0) is 12.8 Å². The molecule has 1 aromatic heterocycles. The van der Waals surface area contributed by atoms with Gasteiger partial charge >= 0.3 is 0 Å². The van der Waals surface area contributed by atoms with Gasteiger partial charge in [-0.3, -0.25) is 4.79 Å². The number of benzene rings is 2. The van der Waals surface area contributed by atoms with E-state index >= 15 is 0 Å². The summed E-state index contributed by atoms with van der Waals surface area (Å²) in [4.78, 5) is 13.4. The van der Waals surface area contributed by atoms with Gasteiger partial charge in [0.05, 0.1) is 16.4 Å². The molecule has 2 atom stereocenters. The molecule has 0 saturated heterocycles. The maximum Gasteiger partial charge on any atom is 0.272 e. The number of amides is 1. The van der Waals surface area contributed by atoms with Gasteiger partial charge in [-0.1, -0.05) is 67.2 Å². The maximum absolute atomic E-state index is 13.4. The molecule has 0 unspecified atom stereocenters. The minimum absolute atomic E-state index is 0.0421. The summed E-state index contributed by atoms with van der Waals surface area (Å²) >= 11 is 19.1. The highest BCUT2D eigenvalue weighted by molar-refractivity contribution is 6.35. The predicted molar refractivity (Wildman–Crippen MR) is 141 cm³/mol. The number of carbonyl (C=O) groups excluding carboxylic acids is 1. The van der Waals surface area contributed by atoms with Crippen molar-refractivity contribution in [1.82, 2.24) is 15.1 Å². The van der Waals surface area contributed by atoms with Crippen LogP contribution in [0.5, 0.6) is 0 Å². The second kappa shape index (κ2) is 10.7. The van der Waals surface area contributed by atoms with E-state index in [1.165, 1.54) is 5.56 Å². The van der Waals surface area contributed by atoms with E-state index in [9.17, 15) is 4.79 Å². The van der Waals surface area contributed by atoms with E-state index in [4.69, 9.17) is 39.9 Å². The molecule has 1 aliphatic rings. The number of hydrogen-bond donors (Lipinski definition) is 1. The third-order valence-corrected chi connectivity index (χ3v) is 7.50. The van der Waals surface area contributed by atoms with Crippen molar-refractivity contribution in [3.8, 4) is 5.69 Å². The van der Waals surface area contributed by atoms with Gasteiger partial charge in [-0.05, 0) is 74.4 Å². The highest BCUT2D eigenvalue weighted by atomic mass is 35.5. The second-order valence-corrected chi connectivity index (χ2v) is 10.8. The fourth-order valence-corrected chi connectivity index (χ4v) is 5.27. The summed E-state index contributed by atoms with van der Waals surface area (Å²) in [6, 6.07) is 13.4. The van der Waals surface area contributed by atoms with Gasteiger partial charge in [0.1, 0.15) is 0 Å². The molecule has 0 fully saturated rings. The van der Waals surface area contributed by atoms with E-state index in [1.807, 2.05) is 35.9 Å². The summed E-state index contributed by atoms with van der Waals surface area (Å²) in [5, 5.41) is 9.80. The monoisotopic (exact) mass is 517 g/mol. The lowest BCUT2D eigenvalue weighted by molar-refractivity contribution is 0.0924. The summed E-state index contributed by atoms with van der Waals surface area (Å²) in [7, 11) is 0. The van der Waals surface area contributed by atoms with Crippen molar-refractivity contribution in [3.63, 3.8) is 0 Å². The zero-order valence-corrected chi connectivity index (χ0v) is 22.0. The Bertz CT molecular complexity index is 1190. The van der Waals surface area contributed by atoms with Crippen LogP contribution in [0, 0.1) is 5.92 Å². The van der Waals surface area contributed by atoms with Gasteiger partial charge in [-0.25, -0.2) is 4.68 Å². The van der Waals surface area contributed by atoms with Crippen molar-refractivity contribution in [3.05, 3.63) is 80.0 Å². The van der Waals surface area contributed by atoms with Crippen LogP contribution in [-0.4, -0.2) is 21.7 Å². The quantitative estimate of drug-likeness (QED) is 0.340. The number of aromatic nitrogens is 2. The second-order valence-electron chi connectivity index (χ2n) is 9.50. The van der Waals surface area contributed by atoms with Crippen molar-refractivity contribution >= 4 is 40.7 Å². The first-order valence-corrected chi connectivity index (χ1v) is 13.0. The molecule has 4 rings (SSSR count). The summed E-state index contributed by atoms with van der Waals surface area (Å²) in [6.45, 7) is 6.22. The molecule has 2 aromatic carbocycles.